The lowest BCUT2D eigenvalue weighted by atomic mass is 9.78. The lowest BCUT2D eigenvalue weighted by molar-refractivity contribution is 0.426. The van der Waals surface area contributed by atoms with Crippen LogP contribution in [0.1, 0.15) is 22.3 Å². The predicted molar refractivity (Wildman–Crippen MR) is 121 cm³/mol. The lowest BCUT2D eigenvalue weighted by Gasteiger charge is -2.18. The summed E-state index contributed by atoms with van der Waals surface area (Å²) in [5.41, 5.74) is 7.09. The number of hydrogen-bond acceptors (Lipinski definition) is 2. The van der Waals surface area contributed by atoms with Crippen molar-refractivity contribution in [3.8, 4) is 0 Å². The zero-order valence-corrected chi connectivity index (χ0v) is 15.9. The molecule has 0 spiro atoms. The molecule has 0 aliphatic heterocycles. The Hall–Kier alpha value is -3.40. The maximum atomic E-state index is 9.48. The van der Waals surface area contributed by atoms with Crippen LogP contribution in [-0.2, 0) is 0 Å². The van der Waals surface area contributed by atoms with Crippen molar-refractivity contribution in [2.75, 3.05) is 0 Å². The molecular formula is C26H21BO2. The molecule has 29 heavy (non-hydrogen) atoms. The molecule has 0 aromatic heterocycles. The van der Waals surface area contributed by atoms with Gasteiger partial charge in [-0.1, -0.05) is 115 Å². The van der Waals surface area contributed by atoms with E-state index in [1.807, 2.05) is 66.7 Å². The van der Waals surface area contributed by atoms with Gasteiger partial charge in [-0.2, -0.15) is 0 Å². The van der Waals surface area contributed by atoms with Gasteiger partial charge >= 0.3 is 7.12 Å². The quantitative estimate of drug-likeness (QED) is 0.401. The van der Waals surface area contributed by atoms with E-state index in [-0.39, 0.29) is 0 Å². The average Bonchev–Trinajstić information content (AvgIpc) is 2.79. The van der Waals surface area contributed by atoms with E-state index in [0.29, 0.717) is 5.46 Å². The summed E-state index contributed by atoms with van der Waals surface area (Å²) in [7, 11) is -1.48. The smallest absolute Gasteiger partial charge is 0.423 e. The monoisotopic (exact) mass is 376 g/mol. The van der Waals surface area contributed by atoms with Crippen molar-refractivity contribution in [3.63, 3.8) is 0 Å². The summed E-state index contributed by atoms with van der Waals surface area (Å²) in [5.74, 6) is 0. The number of hydrogen-bond donors (Lipinski definition) is 2. The van der Waals surface area contributed by atoms with Gasteiger partial charge in [-0.15, -0.1) is 0 Å². The molecule has 0 amide bonds. The molecule has 0 aliphatic rings. The summed E-state index contributed by atoms with van der Waals surface area (Å²) in [5, 5.41) is 19.0. The first-order chi connectivity index (χ1) is 14.2. The van der Waals surface area contributed by atoms with Crippen LogP contribution < -0.4 is 5.46 Å². The minimum Gasteiger partial charge on any atom is -0.423 e. The van der Waals surface area contributed by atoms with Crippen molar-refractivity contribution in [2.45, 2.75) is 0 Å². The molecule has 0 heterocycles. The first-order valence-electron chi connectivity index (χ1n) is 9.61. The molecule has 0 aliphatic carbocycles. The van der Waals surface area contributed by atoms with Gasteiger partial charge in [0, 0.05) is 0 Å². The molecule has 0 unspecified atom stereocenters. The zero-order chi connectivity index (χ0) is 20.1. The Bertz CT molecular complexity index is 1050. The fourth-order valence-corrected chi connectivity index (χ4v) is 3.55. The molecule has 0 atom stereocenters. The minimum absolute atomic E-state index is 0.474. The highest BCUT2D eigenvalue weighted by atomic mass is 16.4. The van der Waals surface area contributed by atoms with Crippen LogP contribution in [0.5, 0.6) is 0 Å². The molecule has 0 saturated carbocycles. The fourth-order valence-electron chi connectivity index (χ4n) is 3.55. The van der Waals surface area contributed by atoms with Crippen molar-refractivity contribution in [1.29, 1.82) is 0 Å². The predicted octanol–water partition coefficient (Wildman–Crippen LogP) is 4.37. The first kappa shape index (κ1) is 18.9. The fraction of sp³-hybridized carbons (Fsp3) is 0. The second kappa shape index (κ2) is 8.74. The third kappa shape index (κ3) is 4.22. The average molecular weight is 376 g/mol. The normalized spacial score (nSPS) is 10.4. The lowest BCUT2D eigenvalue weighted by Crippen LogP contribution is -2.29. The summed E-state index contributed by atoms with van der Waals surface area (Å²) in [6.07, 6.45) is 0. The van der Waals surface area contributed by atoms with Crippen LogP contribution in [0.4, 0.5) is 0 Å². The van der Waals surface area contributed by atoms with Crippen LogP contribution in [0.2, 0.25) is 0 Å². The SMILES string of the molecule is OB(O)c1ccc(C(=C(c2ccccc2)c2ccccc2)c2ccccc2)cc1. The van der Waals surface area contributed by atoms with Crippen LogP contribution in [0.15, 0.2) is 115 Å². The van der Waals surface area contributed by atoms with Gasteiger partial charge in [-0.3, -0.25) is 0 Å². The molecule has 0 fully saturated rings. The van der Waals surface area contributed by atoms with Crippen molar-refractivity contribution >= 4 is 23.7 Å². The minimum atomic E-state index is -1.48. The second-order valence-electron chi connectivity index (χ2n) is 6.84. The molecule has 4 rings (SSSR count). The van der Waals surface area contributed by atoms with Crippen LogP contribution >= 0.6 is 0 Å². The molecule has 4 aromatic carbocycles. The molecule has 0 radical (unpaired) electrons. The maximum Gasteiger partial charge on any atom is 0.488 e. The Morgan fingerprint density at radius 1 is 0.414 bits per heavy atom. The van der Waals surface area contributed by atoms with Gasteiger partial charge in [0.1, 0.15) is 0 Å². The van der Waals surface area contributed by atoms with Crippen molar-refractivity contribution < 1.29 is 10.0 Å². The maximum absolute atomic E-state index is 9.48. The van der Waals surface area contributed by atoms with Crippen LogP contribution in [0, 0.1) is 0 Å². The Morgan fingerprint density at radius 3 is 1.03 bits per heavy atom. The standard InChI is InChI=1S/C26H21BO2/c28-27(29)24-18-16-23(17-19-24)26(22-14-8-3-9-15-22)25(20-10-4-1-5-11-20)21-12-6-2-7-13-21/h1-19,28-29H. The molecule has 2 nitrogen and oxygen atoms in total. The van der Waals surface area contributed by atoms with Gasteiger partial charge < -0.3 is 10.0 Å². The Labute approximate surface area is 171 Å². The zero-order valence-electron chi connectivity index (χ0n) is 15.9. The highest BCUT2D eigenvalue weighted by molar-refractivity contribution is 6.58. The van der Waals surface area contributed by atoms with Crippen LogP contribution in [0.3, 0.4) is 0 Å². The van der Waals surface area contributed by atoms with Crippen molar-refractivity contribution in [1.82, 2.24) is 0 Å². The molecule has 3 heteroatoms. The third-order valence-corrected chi connectivity index (χ3v) is 4.93. The molecule has 0 saturated heterocycles. The van der Waals surface area contributed by atoms with Gasteiger partial charge in [0.2, 0.25) is 0 Å². The summed E-state index contributed by atoms with van der Waals surface area (Å²) < 4.78 is 0. The van der Waals surface area contributed by atoms with Crippen molar-refractivity contribution in [2.24, 2.45) is 0 Å². The van der Waals surface area contributed by atoms with Crippen LogP contribution in [0.25, 0.3) is 11.1 Å². The molecular weight excluding hydrogens is 355 g/mol. The van der Waals surface area contributed by atoms with E-state index in [1.165, 1.54) is 0 Å². The number of rotatable bonds is 5. The highest BCUT2D eigenvalue weighted by Gasteiger charge is 2.17. The second-order valence-corrected chi connectivity index (χ2v) is 6.84. The van der Waals surface area contributed by atoms with Crippen LogP contribution in [-0.4, -0.2) is 17.2 Å². The topological polar surface area (TPSA) is 40.5 Å². The van der Waals surface area contributed by atoms with Gasteiger partial charge in [-0.25, -0.2) is 0 Å². The largest absolute Gasteiger partial charge is 0.488 e. The van der Waals surface area contributed by atoms with Gasteiger partial charge in [0.25, 0.3) is 0 Å². The first-order valence-corrected chi connectivity index (χ1v) is 9.61. The van der Waals surface area contributed by atoms with E-state index < -0.39 is 7.12 Å². The molecule has 2 N–H and O–H groups in total. The van der Waals surface area contributed by atoms with Crippen molar-refractivity contribution in [3.05, 3.63) is 138 Å². The van der Waals surface area contributed by atoms with Gasteiger partial charge in [0.05, 0.1) is 0 Å². The van der Waals surface area contributed by atoms with E-state index in [2.05, 4.69) is 36.4 Å². The Morgan fingerprint density at radius 2 is 0.724 bits per heavy atom. The number of benzene rings is 4. The van der Waals surface area contributed by atoms with Gasteiger partial charge in [-0.05, 0) is 38.9 Å². The molecule has 0 bridgehead atoms. The highest BCUT2D eigenvalue weighted by Crippen LogP contribution is 2.36. The Balaban J connectivity index is 2.04. The van der Waals surface area contributed by atoms with E-state index >= 15 is 0 Å². The summed E-state index contributed by atoms with van der Waals surface area (Å²) >= 11 is 0. The van der Waals surface area contributed by atoms with E-state index in [0.717, 1.165) is 33.4 Å². The Kier molecular flexibility index (Phi) is 5.71. The van der Waals surface area contributed by atoms with E-state index in [1.54, 1.807) is 12.1 Å². The van der Waals surface area contributed by atoms with E-state index in [4.69, 9.17) is 0 Å². The van der Waals surface area contributed by atoms with Gasteiger partial charge in [0.15, 0.2) is 0 Å². The van der Waals surface area contributed by atoms with E-state index in [9.17, 15) is 10.0 Å². The summed E-state index contributed by atoms with van der Waals surface area (Å²) in [6, 6.07) is 38.4. The summed E-state index contributed by atoms with van der Waals surface area (Å²) in [4.78, 5) is 0. The molecule has 140 valence electrons. The third-order valence-electron chi connectivity index (χ3n) is 4.93. The molecule has 4 aromatic rings. The summed E-state index contributed by atoms with van der Waals surface area (Å²) in [6.45, 7) is 0.